The van der Waals surface area contributed by atoms with E-state index >= 15 is 0 Å². The van der Waals surface area contributed by atoms with Crippen LogP contribution in [0.3, 0.4) is 0 Å². The van der Waals surface area contributed by atoms with Gasteiger partial charge in [-0.15, -0.1) is 0 Å². The average molecular weight is 453 g/mol. The first-order valence-electron chi connectivity index (χ1n) is 11.2. The van der Waals surface area contributed by atoms with Crippen molar-refractivity contribution in [3.63, 3.8) is 0 Å². The zero-order valence-electron chi connectivity index (χ0n) is 19.0. The summed E-state index contributed by atoms with van der Waals surface area (Å²) in [6.45, 7) is 4.38. The third kappa shape index (κ3) is 5.96. The highest BCUT2D eigenvalue weighted by atomic mass is 19.1. The lowest BCUT2D eigenvalue weighted by atomic mass is 10.0. The minimum Gasteiger partial charge on any atom is -0.496 e. The number of aryl methyl sites for hydroxylation is 2. The second-order valence-electron chi connectivity index (χ2n) is 8.41. The van der Waals surface area contributed by atoms with Crippen molar-refractivity contribution in [3.05, 3.63) is 65.3 Å². The van der Waals surface area contributed by atoms with Crippen molar-refractivity contribution in [3.8, 4) is 17.1 Å². The Labute approximate surface area is 192 Å². The van der Waals surface area contributed by atoms with Crippen molar-refractivity contribution in [1.82, 2.24) is 20.4 Å². The van der Waals surface area contributed by atoms with Crippen molar-refractivity contribution < 1.29 is 18.4 Å². The molecule has 1 aromatic heterocycles. The smallest absolute Gasteiger partial charge is 0.227 e. The van der Waals surface area contributed by atoms with E-state index < -0.39 is 0 Å². The van der Waals surface area contributed by atoms with Crippen molar-refractivity contribution >= 4 is 5.91 Å². The molecule has 0 aliphatic carbocycles. The molecule has 1 amide bonds. The van der Waals surface area contributed by atoms with E-state index in [1.807, 2.05) is 18.2 Å². The van der Waals surface area contributed by atoms with Gasteiger partial charge in [-0.1, -0.05) is 23.4 Å². The largest absolute Gasteiger partial charge is 0.496 e. The van der Waals surface area contributed by atoms with Crippen LogP contribution in [-0.2, 0) is 17.8 Å². The lowest BCUT2D eigenvalue weighted by Crippen LogP contribution is -2.44. The van der Waals surface area contributed by atoms with Gasteiger partial charge in [0.05, 0.1) is 7.11 Å². The van der Waals surface area contributed by atoms with E-state index in [9.17, 15) is 9.18 Å². The first-order chi connectivity index (χ1) is 16.0. The maximum Gasteiger partial charge on any atom is 0.227 e. The van der Waals surface area contributed by atoms with Gasteiger partial charge in [0.2, 0.25) is 17.6 Å². The monoisotopic (exact) mass is 452 g/mol. The number of amides is 1. The minimum atomic E-state index is -0.273. The van der Waals surface area contributed by atoms with Crippen molar-refractivity contribution in [2.24, 2.45) is 0 Å². The van der Waals surface area contributed by atoms with Crippen LogP contribution < -0.4 is 10.1 Å². The second kappa shape index (κ2) is 10.6. The number of methoxy groups -OCH3 is 1. The predicted octanol–water partition coefficient (Wildman–Crippen LogP) is 3.91. The predicted molar refractivity (Wildman–Crippen MR) is 122 cm³/mol. The molecular weight excluding hydrogens is 423 g/mol. The summed E-state index contributed by atoms with van der Waals surface area (Å²) in [4.78, 5) is 19.2. The van der Waals surface area contributed by atoms with Gasteiger partial charge in [0.25, 0.3) is 0 Å². The molecule has 2 heterocycles. The molecule has 1 saturated heterocycles. The van der Waals surface area contributed by atoms with E-state index in [4.69, 9.17) is 9.26 Å². The molecule has 0 unspecified atom stereocenters. The number of rotatable bonds is 8. The molecule has 0 bridgehead atoms. The molecule has 4 rings (SSSR count). The maximum atomic E-state index is 13.5. The quantitative estimate of drug-likeness (QED) is 0.558. The highest BCUT2D eigenvalue weighted by Crippen LogP contribution is 2.22. The number of benzene rings is 2. The molecule has 0 atom stereocenters. The Bertz CT molecular complexity index is 1090. The van der Waals surface area contributed by atoms with E-state index in [-0.39, 0.29) is 24.2 Å². The first kappa shape index (κ1) is 22.9. The zero-order valence-corrected chi connectivity index (χ0v) is 19.0. The highest BCUT2D eigenvalue weighted by Gasteiger charge is 2.22. The number of hydrogen-bond acceptors (Lipinski definition) is 6. The van der Waals surface area contributed by atoms with Crippen LogP contribution in [0.2, 0.25) is 0 Å². The summed E-state index contributed by atoms with van der Waals surface area (Å²) in [5.74, 6) is 1.41. The fourth-order valence-corrected chi connectivity index (χ4v) is 4.09. The molecule has 1 fully saturated rings. The topological polar surface area (TPSA) is 80.5 Å². The maximum absolute atomic E-state index is 13.5. The van der Waals surface area contributed by atoms with E-state index in [1.54, 1.807) is 26.2 Å². The lowest BCUT2D eigenvalue weighted by molar-refractivity contribution is -0.122. The van der Waals surface area contributed by atoms with E-state index in [0.717, 1.165) is 38.2 Å². The Morgan fingerprint density at radius 3 is 2.79 bits per heavy atom. The van der Waals surface area contributed by atoms with Gasteiger partial charge in [-0.05, 0) is 49.6 Å². The standard InChI is InChI=1S/C25H29FN4O3/c1-17-15-18(7-8-21(17)26)25-28-24(33-29-25)10-9-23(31)27-20-11-13-30(14-12-20)16-19-5-3-4-6-22(19)32-2/h3-8,15,20H,9-14,16H2,1-2H3,(H,27,31). The number of ether oxygens (including phenoxy) is 1. The first-order valence-corrected chi connectivity index (χ1v) is 11.2. The van der Waals surface area contributed by atoms with Gasteiger partial charge in [-0.25, -0.2) is 4.39 Å². The molecule has 2 aromatic carbocycles. The summed E-state index contributed by atoms with van der Waals surface area (Å²) in [6.07, 6.45) is 2.47. The molecule has 0 saturated carbocycles. The highest BCUT2D eigenvalue weighted by molar-refractivity contribution is 5.76. The zero-order chi connectivity index (χ0) is 23.2. The molecule has 8 heteroatoms. The summed E-state index contributed by atoms with van der Waals surface area (Å²) < 4.78 is 24.2. The number of piperidine rings is 1. The third-order valence-corrected chi connectivity index (χ3v) is 5.99. The number of carbonyl (C=O) groups is 1. The fraction of sp³-hybridized carbons (Fsp3) is 0.400. The average Bonchev–Trinajstić information content (AvgIpc) is 3.30. The molecule has 174 valence electrons. The van der Waals surface area contributed by atoms with Gasteiger partial charge >= 0.3 is 0 Å². The molecule has 0 radical (unpaired) electrons. The Balaban J connectivity index is 1.21. The molecule has 3 aromatic rings. The van der Waals surface area contributed by atoms with Gasteiger partial charge < -0.3 is 14.6 Å². The Morgan fingerprint density at radius 1 is 1.24 bits per heavy atom. The molecule has 7 nitrogen and oxygen atoms in total. The van der Waals surface area contributed by atoms with Crippen LogP contribution in [0.1, 0.15) is 36.3 Å². The molecule has 33 heavy (non-hydrogen) atoms. The number of nitrogens with one attached hydrogen (secondary N) is 1. The second-order valence-corrected chi connectivity index (χ2v) is 8.41. The SMILES string of the molecule is COc1ccccc1CN1CCC(NC(=O)CCc2nc(-c3ccc(F)c(C)c3)no2)CC1. The van der Waals surface area contributed by atoms with Crippen LogP contribution in [0.15, 0.2) is 47.0 Å². The number of likely N-dealkylation sites (tertiary alicyclic amines) is 1. The van der Waals surface area contributed by atoms with E-state index in [2.05, 4.69) is 26.4 Å². The Hall–Kier alpha value is -3.26. The number of aromatic nitrogens is 2. The normalized spacial score (nSPS) is 14.9. The molecular formula is C25H29FN4O3. The van der Waals surface area contributed by atoms with Gasteiger partial charge in [0.15, 0.2) is 0 Å². The van der Waals surface area contributed by atoms with Gasteiger partial charge in [0.1, 0.15) is 11.6 Å². The van der Waals surface area contributed by atoms with Crippen LogP contribution in [0.5, 0.6) is 5.75 Å². The number of carbonyl (C=O) groups excluding carboxylic acids is 1. The molecule has 1 aliphatic rings. The number of para-hydroxylation sites is 1. The molecule has 1 N–H and O–H groups in total. The summed E-state index contributed by atoms with van der Waals surface area (Å²) in [7, 11) is 1.69. The van der Waals surface area contributed by atoms with Crippen molar-refractivity contribution in [2.45, 2.75) is 45.2 Å². The van der Waals surface area contributed by atoms with Crippen molar-refractivity contribution in [2.75, 3.05) is 20.2 Å². The van der Waals surface area contributed by atoms with Crippen LogP contribution in [0.25, 0.3) is 11.4 Å². The third-order valence-electron chi connectivity index (χ3n) is 5.99. The Kier molecular flexibility index (Phi) is 7.34. The van der Waals surface area contributed by atoms with Gasteiger partial charge in [0, 0.05) is 49.6 Å². The number of nitrogens with zero attached hydrogens (tertiary/aromatic N) is 3. The van der Waals surface area contributed by atoms with Crippen LogP contribution in [0, 0.1) is 12.7 Å². The summed E-state index contributed by atoms with van der Waals surface area (Å²) in [6, 6.07) is 12.9. The molecule has 1 aliphatic heterocycles. The minimum absolute atomic E-state index is 0.0180. The van der Waals surface area contributed by atoms with Crippen LogP contribution in [0.4, 0.5) is 4.39 Å². The van der Waals surface area contributed by atoms with Crippen molar-refractivity contribution in [1.29, 1.82) is 0 Å². The summed E-state index contributed by atoms with van der Waals surface area (Å²) in [5, 5.41) is 7.08. The van der Waals surface area contributed by atoms with Gasteiger partial charge in [-0.3, -0.25) is 9.69 Å². The van der Waals surface area contributed by atoms with E-state index in [0.29, 0.717) is 29.3 Å². The summed E-state index contributed by atoms with van der Waals surface area (Å²) in [5.41, 5.74) is 2.39. The Morgan fingerprint density at radius 2 is 2.03 bits per heavy atom. The fourth-order valence-electron chi connectivity index (χ4n) is 4.09. The number of halogens is 1. The van der Waals surface area contributed by atoms with E-state index in [1.165, 1.54) is 11.6 Å². The van der Waals surface area contributed by atoms with Crippen LogP contribution >= 0.6 is 0 Å². The number of hydrogen-bond donors (Lipinski definition) is 1. The lowest BCUT2D eigenvalue weighted by Gasteiger charge is -2.32. The summed E-state index contributed by atoms with van der Waals surface area (Å²) >= 11 is 0. The molecule has 0 spiro atoms. The van der Waals surface area contributed by atoms with Gasteiger partial charge in [-0.2, -0.15) is 4.98 Å². The van der Waals surface area contributed by atoms with Crippen LogP contribution in [-0.4, -0.2) is 47.2 Å².